The number of hydrogen-bond acceptors (Lipinski definition) is 8. The van der Waals surface area contributed by atoms with Gasteiger partial charge in [-0.2, -0.15) is 0 Å². The maximum atomic E-state index is 12.9. The fourth-order valence-electron chi connectivity index (χ4n) is 5.75. The van der Waals surface area contributed by atoms with Crippen LogP contribution in [0.25, 0.3) is 10.9 Å². The van der Waals surface area contributed by atoms with Crippen LogP contribution in [0.1, 0.15) is 22.7 Å². The fraction of sp³-hybridized carbons (Fsp3) is 0.333. The van der Waals surface area contributed by atoms with Gasteiger partial charge in [-0.15, -0.1) is 0 Å². The summed E-state index contributed by atoms with van der Waals surface area (Å²) >= 11 is 0. The number of rotatable bonds is 11. The zero-order valence-corrected chi connectivity index (χ0v) is 25.2. The summed E-state index contributed by atoms with van der Waals surface area (Å²) in [4.78, 5) is 19.7. The van der Waals surface area contributed by atoms with Crippen molar-refractivity contribution in [3.05, 3.63) is 77.5 Å². The van der Waals surface area contributed by atoms with Crippen LogP contribution >= 0.6 is 0 Å². The third-order valence-corrected chi connectivity index (χ3v) is 7.85. The molecule has 0 bridgehead atoms. The quantitative estimate of drug-likeness (QED) is 0.246. The molecule has 1 unspecified atom stereocenters. The van der Waals surface area contributed by atoms with E-state index in [0.717, 1.165) is 40.7 Å². The number of pyridine rings is 1. The van der Waals surface area contributed by atoms with Gasteiger partial charge >= 0.3 is 6.03 Å². The van der Waals surface area contributed by atoms with E-state index >= 15 is 0 Å². The van der Waals surface area contributed by atoms with Gasteiger partial charge in [-0.1, -0.05) is 18.2 Å². The van der Waals surface area contributed by atoms with Gasteiger partial charge in [0.15, 0.2) is 23.0 Å². The summed E-state index contributed by atoms with van der Waals surface area (Å²) in [5.41, 5.74) is 4.94. The number of nitrogens with zero attached hydrogens (tertiary/aromatic N) is 2. The first-order valence-electron chi connectivity index (χ1n) is 14.2. The van der Waals surface area contributed by atoms with Crippen LogP contribution in [-0.2, 0) is 12.8 Å². The minimum absolute atomic E-state index is 0.000339. The first-order chi connectivity index (χ1) is 21.0. The Bertz CT molecular complexity index is 1560. The number of methoxy groups -OCH3 is 5. The molecular formula is C33H38N4O6. The molecule has 5 rings (SSSR count). The van der Waals surface area contributed by atoms with Crippen molar-refractivity contribution < 1.29 is 28.5 Å². The number of para-hydroxylation sites is 1. The maximum absolute atomic E-state index is 12.9. The summed E-state index contributed by atoms with van der Waals surface area (Å²) in [5.74, 6) is 3.16. The Labute approximate surface area is 251 Å². The first-order valence-corrected chi connectivity index (χ1v) is 14.2. The van der Waals surface area contributed by atoms with Crippen LogP contribution < -0.4 is 34.3 Å². The number of hydrogen-bond donors (Lipinski definition) is 2. The number of nitrogens with one attached hydrogen (secondary N) is 2. The van der Waals surface area contributed by atoms with Crippen molar-refractivity contribution in [2.24, 2.45) is 0 Å². The first kappa shape index (κ1) is 29.8. The molecule has 2 N–H and O–H groups in total. The Balaban J connectivity index is 1.37. The largest absolute Gasteiger partial charge is 0.493 e. The fourth-order valence-corrected chi connectivity index (χ4v) is 5.75. The van der Waals surface area contributed by atoms with Crippen LogP contribution in [0.4, 0.5) is 10.5 Å². The Hall–Kier alpha value is -4.70. The van der Waals surface area contributed by atoms with Gasteiger partial charge in [-0.3, -0.25) is 9.88 Å². The van der Waals surface area contributed by atoms with Gasteiger partial charge in [0, 0.05) is 37.3 Å². The van der Waals surface area contributed by atoms with E-state index in [-0.39, 0.29) is 12.1 Å². The van der Waals surface area contributed by atoms with E-state index in [2.05, 4.69) is 32.7 Å². The zero-order valence-electron chi connectivity index (χ0n) is 25.2. The van der Waals surface area contributed by atoms with Gasteiger partial charge in [0.25, 0.3) is 0 Å². The lowest BCUT2D eigenvalue weighted by atomic mass is 9.88. The molecule has 0 radical (unpaired) electrons. The van der Waals surface area contributed by atoms with Crippen molar-refractivity contribution in [3.8, 4) is 28.7 Å². The van der Waals surface area contributed by atoms with Gasteiger partial charge in [0.1, 0.15) is 0 Å². The van der Waals surface area contributed by atoms with Crippen molar-refractivity contribution in [1.29, 1.82) is 0 Å². The van der Waals surface area contributed by atoms with Crippen molar-refractivity contribution in [2.75, 3.05) is 60.5 Å². The van der Waals surface area contributed by atoms with Gasteiger partial charge in [0.2, 0.25) is 5.75 Å². The molecule has 1 aromatic heterocycles. The van der Waals surface area contributed by atoms with E-state index in [1.807, 2.05) is 36.4 Å². The van der Waals surface area contributed by atoms with Crippen molar-refractivity contribution in [2.45, 2.75) is 18.9 Å². The van der Waals surface area contributed by atoms with E-state index in [1.165, 1.54) is 5.56 Å². The number of carbonyl (C=O) groups excluding carboxylic acids is 1. The van der Waals surface area contributed by atoms with E-state index in [4.69, 9.17) is 23.7 Å². The van der Waals surface area contributed by atoms with Crippen LogP contribution in [0.3, 0.4) is 0 Å². The summed E-state index contributed by atoms with van der Waals surface area (Å²) in [6.07, 6.45) is 3.21. The third-order valence-electron chi connectivity index (χ3n) is 7.85. The third kappa shape index (κ3) is 6.39. The number of ether oxygens (including phenoxy) is 5. The number of carbonyl (C=O) groups is 1. The lowest BCUT2D eigenvalue weighted by Crippen LogP contribution is -2.42. The predicted molar refractivity (Wildman–Crippen MR) is 166 cm³/mol. The lowest BCUT2D eigenvalue weighted by Gasteiger charge is -2.38. The monoisotopic (exact) mass is 586 g/mol. The van der Waals surface area contributed by atoms with E-state index in [9.17, 15) is 4.79 Å². The second-order valence-electron chi connectivity index (χ2n) is 10.2. The molecule has 2 amide bonds. The van der Waals surface area contributed by atoms with Crippen LogP contribution in [0.5, 0.6) is 28.7 Å². The van der Waals surface area contributed by atoms with E-state index < -0.39 is 0 Å². The van der Waals surface area contributed by atoms with Gasteiger partial charge in [-0.05, 0) is 65.9 Å². The molecule has 3 aromatic carbocycles. The standard InChI is InChI=1S/C33H38N4O6/c1-39-28-19-22-11-14-37(15-13-35-33(38)36-26-10-12-34-25-9-7-6-8-23(25)26)27(24(22)20-29(28)40-2)16-21-17-30(41-3)32(43-5)31(18-21)42-4/h6-10,12,17-20,27H,11,13-16H2,1-5H3,(H2,34,35,36,38). The van der Waals surface area contributed by atoms with Crippen LogP contribution in [0.2, 0.25) is 0 Å². The minimum Gasteiger partial charge on any atom is -0.493 e. The molecule has 10 heteroatoms. The average Bonchev–Trinajstić information content (AvgIpc) is 3.04. The number of benzene rings is 3. The molecule has 10 nitrogen and oxygen atoms in total. The molecule has 0 fully saturated rings. The molecule has 4 aromatic rings. The SMILES string of the molecule is COc1cc2c(cc1OC)C(Cc1cc(OC)c(OC)c(OC)c1)N(CCNC(=O)Nc1ccnc3ccccc13)CC2. The number of urea groups is 1. The molecule has 0 spiro atoms. The zero-order chi connectivity index (χ0) is 30.3. The smallest absolute Gasteiger partial charge is 0.319 e. The summed E-state index contributed by atoms with van der Waals surface area (Å²) < 4.78 is 28.0. The highest BCUT2D eigenvalue weighted by Crippen LogP contribution is 2.42. The van der Waals surface area contributed by atoms with E-state index in [1.54, 1.807) is 47.8 Å². The Kier molecular flexibility index (Phi) is 9.36. The van der Waals surface area contributed by atoms with Crippen molar-refractivity contribution in [3.63, 3.8) is 0 Å². The molecule has 43 heavy (non-hydrogen) atoms. The summed E-state index contributed by atoms with van der Waals surface area (Å²) in [6, 6.07) is 17.4. The Morgan fingerprint density at radius 3 is 2.28 bits per heavy atom. The number of anilines is 1. The van der Waals surface area contributed by atoms with Gasteiger partial charge < -0.3 is 34.3 Å². The van der Waals surface area contributed by atoms with Gasteiger partial charge in [-0.25, -0.2) is 4.79 Å². The molecular weight excluding hydrogens is 548 g/mol. The van der Waals surface area contributed by atoms with Crippen LogP contribution in [0, 0.1) is 0 Å². The average molecular weight is 587 g/mol. The minimum atomic E-state index is -0.263. The molecule has 226 valence electrons. The van der Waals surface area contributed by atoms with E-state index in [0.29, 0.717) is 48.3 Å². The molecule has 1 atom stereocenters. The summed E-state index contributed by atoms with van der Waals surface area (Å²) in [6.45, 7) is 1.92. The maximum Gasteiger partial charge on any atom is 0.319 e. The molecule has 1 aliphatic rings. The summed E-state index contributed by atoms with van der Waals surface area (Å²) in [5, 5.41) is 6.90. The second kappa shape index (κ2) is 13.5. The molecule has 0 saturated carbocycles. The Morgan fingerprint density at radius 1 is 0.884 bits per heavy atom. The van der Waals surface area contributed by atoms with Crippen LogP contribution in [-0.4, -0.2) is 71.1 Å². The summed E-state index contributed by atoms with van der Waals surface area (Å²) in [7, 11) is 8.13. The number of fused-ring (bicyclic) bond motifs is 2. The molecule has 1 aliphatic heterocycles. The van der Waals surface area contributed by atoms with Crippen LogP contribution in [0.15, 0.2) is 60.8 Å². The van der Waals surface area contributed by atoms with Gasteiger partial charge in [0.05, 0.1) is 46.8 Å². The molecule has 0 aliphatic carbocycles. The van der Waals surface area contributed by atoms with Crippen molar-refractivity contribution in [1.82, 2.24) is 15.2 Å². The number of amides is 2. The topological polar surface area (TPSA) is 103 Å². The molecule has 2 heterocycles. The van der Waals surface area contributed by atoms with Crippen molar-refractivity contribution >= 4 is 22.6 Å². The predicted octanol–water partition coefficient (Wildman–Crippen LogP) is 5.24. The highest BCUT2D eigenvalue weighted by Gasteiger charge is 2.30. The lowest BCUT2D eigenvalue weighted by molar-refractivity contribution is 0.183. The second-order valence-corrected chi connectivity index (χ2v) is 10.2. The number of aromatic nitrogens is 1. The normalized spacial score (nSPS) is 14.5. The Morgan fingerprint density at radius 2 is 1.58 bits per heavy atom. The molecule has 0 saturated heterocycles. The highest BCUT2D eigenvalue weighted by molar-refractivity contribution is 6.00. The highest BCUT2D eigenvalue weighted by atomic mass is 16.5.